The number of oxazole rings is 1. The molecule has 2 nitrogen and oxygen atoms in total. The molecule has 0 unspecified atom stereocenters. The molecule has 0 amide bonds. The monoisotopic (exact) mass is 279 g/mol. The maximum Gasteiger partial charge on any atom is 0.258 e. The summed E-state index contributed by atoms with van der Waals surface area (Å²) in [5.41, 5.74) is 1.58. The van der Waals surface area contributed by atoms with Crippen molar-refractivity contribution in [1.82, 2.24) is 4.98 Å². The highest BCUT2D eigenvalue weighted by Gasteiger charge is 2.01. The summed E-state index contributed by atoms with van der Waals surface area (Å²) >= 11 is 7.77. The van der Waals surface area contributed by atoms with Gasteiger partial charge in [-0.2, -0.15) is 0 Å². The zero-order valence-electron chi connectivity index (χ0n) is 5.34. The minimum Gasteiger partial charge on any atom is -0.432 e. The van der Waals surface area contributed by atoms with Crippen molar-refractivity contribution >= 4 is 45.3 Å². The normalized spacial score (nSPS) is 10.7. The summed E-state index contributed by atoms with van der Waals surface area (Å²) in [6, 6.07) is 5.38. The number of fused-ring (bicyclic) bond motifs is 1. The Labute approximate surface area is 81.7 Å². The number of nitrogens with zero attached hydrogens (tertiary/aromatic N) is 1. The standard InChI is InChI=1S/C7H3ClINO/c8-4-1-2-6-5(3-4)10-7(9)11-6/h1-3H. The Bertz CT molecular complexity index is 398. The van der Waals surface area contributed by atoms with E-state index in [0.717, 1.165) is 11.1 Å². The van der Waals surface area contributed by atoms with Crippen LogP contribution in [0.15, 0.2) is 22.6 Å². The third-order valence-electron chi connectivity index (χ3n) is 1.32. The van der Waals surface area contributed by atoms with Crippen LogP contribution in [0.2, 0.25) is 5.02 Å². The van der Waals surface area contributed by atoms with Gasteiger partial charge >= 0.3 is 0 Å². The van der Waals surface area contributed by atoms with Crippen LogP contribution >= 0.6 is 34.2 Å². The second-order valence-electron chi connectivity index (χ2n) is 2.08. The van der Waals surface area contributed by atoms with Crippen molar-refractivity contribution < 1.29 is 4.42 Å². The van der Waals surface area contributed by atoms with Crippen LogP contribution in [-0.4, -0.2) is 4.98 Å². The number of rotatable bonds is 0. The zero-order valence-corrected chi connectivity index (χ0v) is 8.26. The summed E-state index contributed by atoms with van der Waals surface area (Å²) in [6.07, 6.45) is 0. The lowest BCUT2D eigenvalue weighted by molar-refractivity contribution is 0.566. The van der Waals surface area contributed by atoms with Crippen molar-refractivity contribution in [3.63, 3.8) is 0 Å². The van der Waals surface area contributed by atoms with E-state index >= 15 is 0 Å². The van der Waals surface area contributed by atoms with Gasteiger partial charge in [-0.1, -0.05) is 11.6 Å². The van der Waals surface area contributed by atoms with Gasteiger partial charge in [-0.3, -0.25) is 0 Å². The summed E-state index contributed by atoms with van der Waals surface area (Å²) in [5, 5.41) is 0.683. The Morgan fingerprint density at radius 2 is 2.27 bits per heavy atom. The molecule has 0 N–H and O–H groups in total. The maximum atomic E-state index is 5.74. The first kappa shape index (κ1) is 7.36. The molecule has 0 aliphatic rings. The van der Waals surface area contributed by atoms with Crippen molar-refractivity contribution in [2.24, 2.45) is 0 Å². The molecule has 1 aromatic heterocycles. The van der Waals surface area contributed by atoms with Gasteiger partial charge in [0.2, 0.25) is 0 Å². The predicted molar refractivity (Wildman–Crippen MR) is 51.7 cm³/mol. The summed E-state index contributed by atoms with van der Waals surface area (Å²) in [7, 11) is 0. The summed E-state index contributed by atoms with van der Waals surface area (Å²) < 4.78 is 5.88. The molecule has 4 heteroatoms. The fourth-order valence-electron chi connectivity index (χ4n) is 0.872. The van der Waals surface area contributed by atoms with Crippen molar-refractivity contribution in [2.75, 3.05) is 0 Å². The Kier molecular flexibility index (Phi) is 1.77. The molecule has 2 rings (SSSR count). The lowest BCUT2D eigenvalue weighted by Gasteiger charge is -1.85. The third-order valence-corrected chi connectivity index (χ3v) is 2.02. The van der Waals surface area contributed by atoms with E-state index in [0.29, 0.717) is 8.92 Å². The van der Waals surface area contributed by atoms with Crippen molar-refractivity contribution in [2.45, 2.75) is 0 Å². The number of hydrogen-bond donors (Lipinski definition) is 0. The van der Waals surface area contributed by atoms with E-state index in [1.165, 1.54) is 0 Å². The summed E-state index contributed by atoms with van der Waals surface area (Å²) in [5.74, 6) is 0. The van der Waals surface area contributed by atoms with E-state index < -0.39 is 0 Å². The van der Waals surface area contributed by atoms with Gasteiger partial charge in [-0.15, -0.1) is 0 Å². The minimum absolute atomic E-state index is 0.639. The highest BCUT2D eigenvalue weighted by atomic mass is 127. The van der Waals surface area contributed by atoms with Crippen molar-refractivity contribution in [3.05, 3.63) is 27.1 Å². The predicted octanol–water partition coefficient (Wildman–Crippen LogP) is 3.09. The van der Waals surface area contributed by atoms with Crippen molar-refractivity contribution in [3.8, 4) is 0 Å². The average Bonchev–Trinajstić information content (AvgIpc) is 2.27. The molecular formula is C7H3ClINO. The van der Waals surface area contributed by atoms with Gasteiger partial charge in [-0.05, 0) is 18.2 Å². The van der Waals surface area contributed by atoms with E-state index in [2.05, 4.69) is 4.98 Å². The first-order valence-electron chi connectivity index (χ1n) is 2.97. The fourth-order valence-corrected chi connectivity index (χ4v) is 1.54. The van der Waals surface area contributed by atoms with Gasteiger partial charge in [0.05, 0.1) is 0 Å². The van der Waals surface area contributed by atoms with E-state index in [9.17, 15) is 0 Å². The SMILES string of the molecule is Clc1ccc2oc(I)nc2c1. The Morgan fingerprint density at radius 3 is 3.09 bits per heavy atom. The summed E-state index contributed by atoms with van der Waals surface area (Å²) in [6.45, 7) is 0. The zero-order chi connectivity index (χ0) is 7.84. The first-order valence-corrected chi connectivity index (χ1v) is 4.43. The lowest BCUT2D eigenvalue weighted by atomic mass is 10.3. The third kappa shape index (κ3) is 1.35. The van der Waals surface area contributed by atoms with Crippen LogP contribution in [-0.2, 0) is 0 Å². The van der Waals surface area contributed by atoms with Gasteiger partial charge < -0.3 is 4.42 Å². The molecule has 56 valence electrons. The molecule has 2 aromatic rings. The van der Waals surface area contributed by atoms with Gasteiger partial charge in [0.1, 0.15) is 5.52 Å². The van der Waals surface area contributed by atoms with Crippen LogP contribution in [0.4, 0.5) is 0 Å². The van der Waals surface area contributed by atoms with Crippen LogP contribution in [0.3, 0.4) is 0 Å². The van der Waals surface area contributed by atoms with Gasteiger partial charge in [-0.25, -0.2) is 4.98 Å². The largest absolute Gasteiger partial charge is 0.432 e. The number of halogens is 2. The van der Waals surface area contributed by atoms with Crippen molar-refractivity contribution in [1.29, 1.82) is 0 Å². The highest BCUT2D eigenvalue weighted by Crippen LogP contribution is 2.20. The van der Waals surface area contributed by atoms with Crippen LogP contribution in [0, 0.1) is 3.90 Å². The molecule has 0 fully saturated rings. The maximum absolute atomic E-state index is 5.74. The van der Waals surface area contributed by atoms with E-state index in [4.69, 9.17) is 16.0 Å². The Balaban J connectivity index is 2.82. The topological polar surface area (TPSA) is 26.0 Å². The smallest absolute Gasteiger partial charge is 0.258 e. The van der Waals surface area contributed by atoms with Crippen LogP contribution in [0.5, 0.6) is 0 Å². The second-order valence-corrected chi connectivity index (χ2v) is 3.44. The average molecular weight is 279 g/mol. The molecule has 1 heterocycles. The fraction of sp³-hybridized carbons (Fsp3) is 0. The van der Waals surface area contributed by atoms with E-state index in [1.54, 1.807) is 12.1 Å². The van der Waals surface area contributed by atoms with Crippen LogP contribution in [0.1, 0.15) is 0 Å². The number of hydrogen-bond acceptors (Lipinski definition) is 2. The molecule has 0 bridgehead atoms. The first-order chi connectivity index (χ1) is 5.25. The molecule has 0 saturated heterocycles. The molecule has 0 spiro atoms. The molecule has 0 aliphatic carbocycles. The lowest BCUT2D eigenvalue weighted by Crippen LogP contribution is -1.67. The van der Waals surface area contributed by atoms with Crippen LogP contribution in [0.25, 0.3) is 11.1 Å². The Morgan fingerprint density at radius 1 is 1.45 bits per heavy atom. The Hall–Kier alpha value is -0.290. The number of benzene rings is 1. The van der Waals surface area contributed by atoms with Gasteiger partial charge in [0, 0.05) is 27.6 Å². The molecule has 0 radical (unpaired) electrons. The van der Waals surface area contributed by atoms with Gasteiger partial charge in [0.15, 0.2) is 5.58 Å². The molecule has 0 atom stereocenters. The molecule has 0 aliphatic heterocycles. The molecule has 11 heavy (non-hydrogen) atoms. The van der Waals surface area contributed by atoms with Gasteiger partial charge in [0.25, 0.3) is 3.90 Å². The summed E-state index contributed by atoms with van der Waals surface area (Å²) in [4.78, 5) is 4.11. The number of aromatic nitrogens is 1. The molecule has 0 saturated carbocycles. The minimum atomic E-state index is 0.639. The molecular weight excluding hydrogens is 276 g/mol. The van der Waals surface area contributed by atoms with E-state index in [-0.39, 0.29) is 0 Å². The highest BCUT2D eigenvalue weighted by molar-refractivity contribution is 14.1. The molecule has 1 aromatic carbocycles. The van der Waals surface area contributed by atoms with E-state index in [1.807, 2.05) is 28.7 Å². The quantitative estimate of drug-likeness (QED) is 0.693. The second kappa shape index (κ2) is 2.64. The van der Waals surface area contributed by atoms with Crippen LogP contribution < -0.4 is 0 Å².